The first kappa shape index (κ1) is 12.5. The summed E-state index contributed by atoms with van der Waals surface area (Å²) in [7, 11) is 2.01. The van der Waals surface area contributed by atoms with Crippen molar-refractivity contribution in [1.29, 1.82) is 0 Å². The number of nitrogens with one attached hydrogen (secondary N) is 1. The van der Waals surface area contributed by atoms with Gasteiger partial charge in [-0.1, -0.05) is 18.0 Å². The fourth-order valence-corrected chi connectivity index (χ4v) is 3.20. The van der Waals surface area contributed by atoms with Crippen molar-refractivity contribution in [2.75, 3.05) is 6.54 Å². The summed E-state index contributed by atoms with van der Waals surface area (Å²) in [4.78, 5) is 0. The van der Waals surface area contributed by atoms with Crippen LogP contribution in [0.15, 0.2) is 0 Å². The molecule has 0 atom stereocenters. The van der Waals surface area contributed by atoms with E-state index in [1.807, 2.05) is 18.7 Å². The van der Waals surface area contributed by atoms with Gasteiger partial charge >= 0.3 is 0 Å². The normalized spacial score (nSPS) is 21.9. The summed E-state index contributed by atoms with van der Waals surface area (Å²) in [6.07, 6.45) is 7.81. The Hall–Kier alpha value is -0.540. The molecule has 2 aliphatic rings. The predicted octanol–water partition coefficient (Wildman–Crippen LogP) is 2.85. The van der Waals surface area contributed by atoms with E-state index in [1.165, 1.54) is 37.8 Å². The van der Waals surface area contributed by atoms with Crippen molar-refractivity contribution in [3.8, 4) is 0 Å². The van der Waals surface area contributed by atoms with E-state index in [9.17, 15) is 0 Å². The third-order valence-corrected chi connectivity index (χ3v) is 5.05. The topological polar surface area (TPSA) is 29.9 Å². The van der Waals surface area contributed by atoms with Crippen LogP contribution in [0.4, 0.5) is 0 Å². The van der Waals surface area contributed by atoms with Crippen LogP contribution >= 0.6 is 11.6 Å². The average molecular weight is 268 g/mol. The van der Waals surface area contributed by atoms with Gasteiger partial charge in [0.1, 0.15) is 0 Å². The van der Waals surface area contributed by atoms with Crippen molar-refractivity contribution in [2.45, 2.75) is 51.5 Å². The molecule has 18 heavy (non-hydrogen) atoms. The van der Waals surface area contributed by atoms with Crippen molar-refractivity contribution in [3.63, 3.8) is 0 Å². The zero-order valence-electron chi connectivity index (χ0n) is 11.3. The number of aromatic nitrogens is 2. The molecule has 4 heteroatoms. The van der Waals surface area contributed by atoms with Crippen LogP contribution in [0, 0.1) is 12.3 Å². The lowest BCUT2D eigenvalue weighted by molar-refractivity contribution is 0.126. The third kappa shape index (κ3) is 2.30. The molecular weight excluding hydrogens is 246 g/mol. The maximum absolute atomic E-state index is 6.37. The number of hydrogen-bond acceptors (Lipinski definition) is 2. The Kier molecular flexibility index (Phi) is 3.15. The van der Waals surface area contributed by atoms with E-state index in [4.69, 9.17) is 11.6 Å². The van der Waals surface area contributed by atoms with Gasteiger partial charge in [0.25, 0.3) is 0 Å². The molecule has 3 nitrogen and oxygen atoms in total. The first-order valence-electron chi connectivity index (χ1n) is 7.01. The van der Waals surface area contributed by atoms with Gasteiger partial charge in [-0.3, -0.25) is 4.68 Å². The van der Waals surface area contributed by atoms with Crippen LogP contribution in [0.3, 0.4) is 0 Å². The van der Waals surface area contributed by atoms with Crippen LogP contribution < -0.4 is 5.32 Å². The molecule has 0 amide bonds. The molecule has 2 fully saturated rings. The van der Waals surface area contributed by atoms with Crippen molar-refractivity contribution in [1.82, 2.24) is 15.1 Å². The number of nitrogens with zero attached hydrogens (tertiary/aromatic N) is 2. The van der Waals surface area contributed by atoms with Gasteiger partial charge in [-0.05, 0) is 44.4 Å². The van der Waals surface area contributed by atoms with Crippen LogP contribution in [0.25, 0.3) is 0 Å². The van der Waals surface area contributed by atoms with Gasteiger partial charge < -0.3 is 5.32 Å². The van der Waals surface area contributed by atoms with E-state index in [0.29, 0.717) is 5.41 Å². The fourth-order valence-electron chi connectivity index (χ4n) is 2.97. The molecule has 0 radical (unpaired) electrons. The predicted molar refractivity (Wildman–Crippen MR) is 74.0 cm³/mol. The lowest BCUT2D eigenvalue weighted by atomic mass is 9.66. The second-order valence-corrected chi connectivity index (χ2v) is 6.53. The van der Waals surface area contributed by atoms with Crippen molar-refractivity contribution in [3.05, 3.63) is 16.4 Å². The Labute approximate surface area is 114 Å². The van der Waals surface area contributed by atoms with Crippen molar-refractivity contribution >= 4 is 11.6 Å². The van der Waals surface area contributed by atoms with Gasteiger partial charge in [-0.15, -0.1) is 0 Å². The Bertz CT molecular complexity index is 444. The summed E-state index contributed by atoms with van der Waals surface area (Å²) in [5.41, 5.74) is 2.61. The largest absolute Gasteiger partial charge is 0.313 e. The summed E-state index contributed by atoms with van der Waals surface area (Å²) < 4.78 is 1.97. The molecule has 0 aromatic carbocycles. The zero-order valence-corrected chi connectivity index (χ0v) is 12.1. The molecule has 0 saturated heterocycles. The van der Waals surface area contributed by atoms with Gasteiger partial charge in [-0.2, -0.15) is 5.10 Å². The second-order valence-electron chi connectivity index (χ2n) is 6.16. The van der Waals surface area contributed by atoms with E-state index in [1.54, 1.807) is 0 Å². The minimum Gasteiger partial charge on any atom is -0.313 e. The highest BCUT2D eigenvalue weighted by Crippen LogP contribution is 2.44. The first-order valence-corrected chi connectivity index (χ1v) is 7.39. The van der Waals surface area contributed by atoms with Gasteiger partial charge in [-0.25, -0.2) is 0 Å². The van der Waals surface area contributed by atoms with Crippen LogP contribution in [0.1, 0.15) is 43.5 Å². The maximum Gasteiger partial charge on any atom is 0.0847 e. The molecule has 1 aromatic heterocycles. The lowest BCUT2D eigenvalue weighted by Gasteiger charge is -2.42. The van der Waals surface area contributed by atoms with Crippen LogP contribution in [-0.4, -0.2) is 22.4 Å². The van der Waals surface area contributed by atoms with E-state index >= 15 is 0 Å². The molecule has 1 N–H and O–H groups in total. The van der Waals surface area contributed by atoms with E-state index < -0.39 is 0 Å². The van der Waals surface area contributed by atoms with Gasteiger partial charge in [0.15, 0.2) is 0 Å². The van der Waals surface area contributed by atoms with Crippen molar-refractivity contribution < 1.29 is 0 Å². The smallest absolute Gasteiger partial charge is 0.0847 e. The molecule has 3 rings (SSSR count). The number of hydrogen-bond donors (Lipinski definition) is 1. The summed E-state index contributed by atoms with van der Waals surface area (Å²) in [6.45, 7) is 3.14. The summed E-state index contributed by atoms with van der Waals surface area (Å²) in [6, 6.07) is 0.797. The fraction of sp³-hybridized carbons (Fsp3) is 0.786. The highest BCUT2D eigenvalue weighted by atomic mass is 35.5. The van der Waals surface area contributed by atoms with Gasteiger partial charge in [0.2, 0.25) is 0 Å². The molecule has 0 bridgehead atoms. The molecule has 2 aliphatic carbocycles. The maximum atomic E-state index is 6.37. The SMILES string of the molecule is Cc1nn(C)c(CC2(CNC3CC3)CCC2)c1Cl. The minimum absolute atomic E-state index is 0.437. The number of halogens is 1. The molecule has 1 heterocycles. The molecule has 1 aromatic rings. The molecular formula is C14H22ClN3. The minimum atomic E-state index is 0.437. The number of rotatable bonds is 5. The highest BCUT2D eigenvalue weighted by Gasteiger charge is 2.39. The standard InChI is InChI=1S/C14H22ClN3/c1-10-13(15)12(18(2)17-10)8-14(6-3-7-14)9-16-11-4-5-11/h11,16H,3-9H2,1-2H3. The van der Waals surface area contributed by atoms with E-state index in [-0.39, 0.29) is 0 Å². The van der Waals surface area contributed by atoms with E-state index in [2.05, 4.69) is 10.4 Å². The molecule has 0 unspecified atom stereocenters. The van der Waals surface area contributed by atoms with Crippen LogP contribution in [0.5, 0.6) is 0 Å². The first-order chi connectivity index (χ1) is 8.60. The Morgan fingerprint density at radius 2 is 2.17 bits per heavy atom. The molecule has 0 aliphatic heterocycles. The quantitative estimate of drug-likeness (QED) is 0.889. The van der Waals surface area contributed by atoms with E-state index in [0.717, 1.165) is 29.7 Å². The monoisotopic (exact) mass is 267 g/mol. The molecule has 100 valence electrons. The van der Waals surface area contributed by atoms with Crippen LogP contribution in [0.2, 0.25) is 5.02 Å². The van der Waals surface area contributed by atoms with Gasteiger partial charge in [0, 0.05) is 19.6 Å². The molecule has 0 spiro atoms. The Balaban J connectivity index is 1.71. The number of aryl methyl sites for hydroxylation is 2. The van der Waals surface area contributed by atoms with Gasteiger partial charge in [0.05, 0.1) is 16.4 Å². The third-order valence-electron chi connectivity index (χ3n) is 4.56. The molecule has 2 saturated carbocycles. The summed E-state index contributed by atoms with van der Waals surface area (Å²) in [5, 5.41) is 8.99. The second kappa shape index (κ2) is 4.53. The zero-order chi connectivity index (χ0) is 12.8. The van der Waals surface area contributed by atoms with Crippen molar-refractivity contribution in [2.24, 2.45) is 12.5 Å². The summed E-state index contributed by atoms with van der Waals surface area (Å²) >= 11 is 6.37. The van der Waals surface area contributed by atoms with Crippen LogP contribution in [-0.2, 0) is 13.5 Å². The lowest BCUT2D eigenvalue weighted by Crippen LogP contribution is -2.42. The Morgan fingerprint density at radius 3 is 2.61 bits per heavy atom. The average Bonchev–Trinajstić information content (AvgIpc) is 3.06. The highest BCUT2D eigenvalue weighted by molar-refractivity contribution is 6.31. The summed E-state index contributed by atoms with van der Waals surface area (Å²) in [5.74, 6) is 0. The Morgan fingerprint density at radius 1 is 1.44 bits per heavy atom.